The highest BCUT2D eigenvalue weighted by Gasteiger charge is 2.24. The van der Waals surface area contributed by atoms with Crippen LogP contribution in [-0.2, 0) is 9.16 Å². The van der Waals surface area contributed by atoms with Gasteiger partial charge in [0.15, 0.2) is 0 Å². The zero-order chi connectivity index (χ0) is 12.0. The number of hydrogen-bond donors (Lipinski definition) is 0. The quantitative estimate of drug-likeness (QED) is 0.647. The Morgan fingerprint density at radius 2 is 2.00 bits per heavy atom. The predicted molar refractivity (Wildman–Crippen MR) is 70.8 cm³/mol. The molecule has 1 heterocycles. The van der Waals surface area contributed by atoms with Crippen molar-refractivity contribution >= 4 is 10.5 Å². The Morgan fingerprint density at radius 3 is 2.56 bits per heavy atom. The van der Waals surface area contributed by atoms with Crippen molar-refractivity contribution in [1.29, 1.82) is 0 Å². The van der Waals surface area contributed by atoms with Crippen LogP contribution < -0.4 is 0 Å². The maximum absolute atomic E-state index is 5.65. The van der Waals surface area contributed by atoms with Crippen LogP contribution >= 0.6 is 0 Å². The highest BCUT2D eigenvalue weighted by Crippen LogP contribution is 2.24. The minimum atomic E-state index is 0.0667. The second-order valence-electron chi connectivity index (χ2n) is 5.30. The largest absolute Gasteiger partial charge is 0.423 e. The molecule has 1 saturated heterocycles. The molecule has 0 amide bonds. The summed E-state index contributed by atoms with van der Waals surface area (Å²) in [7, 11) is 0.834. The average molecular weight is 245 g/mol. The third-order valence-electron chi connectivity index (χ3n) is 3.93. The third-order valence-corrected chi connectivity index (χ3v) is 4.98. The van der Waals surface area contributed by atoms with E-state index in [9.17, 15) is 0 Å². The van der Waals surface area contributed by atoms with Gasteiger partial charge in [-0.2, -0.15) is 0 Å². The first-order chi connectivity index (χ1) is 7.56. The van der Waals surface area contributed by atoms with Crippen LogP contribution in [-0.4, -0.2) is 53.8 Å². The molecule has 1 aliphatic heterocycles. The summed E-state index contributed by atoms with van der Waals surface area (Å²) in [6.45, 7) is 12.0. The molecule has 1 rings (SSSR count). The zero-order valence-corrected chi connectivity index (χ0v) is 13.3. The van der Waals surface area contributed by atoms with Gasteiger partial charge in [0, 0.05) is 13.1 Å². The minimum Gasteiger partial charge on any atom is -0.423 e. The smallest absolute Gasteiger partial charge is 0.146 e. The second-order valence-corrected chi connectivity index (χ2v) is 5.71. The monoisotopic (exact) mass is 245 g/mol. The van der Waals surface area contributed by atoms with Gasteiger partial charge < -0.3 is 9.16 Å². The Morgan fingerprint density at radius 1 is 1.38 bits per heavy atom. The molecule has 0 saturated carbocycles. The van der Waals surface area contributed by atoms with Gasteiger partial charge in [-0.05, 0) is 39.2 Å². The summed E-state index contributed by atoms with van der Waals surface area (Å²) in [6.07, 6.45) is 2.53. The first-order valence-electron chi connectivity index (χ1n) is 6.41. The number of ether oxygens (including phenoxy) is 1. The molecule has 0 spiro atoms. The molecule has 0 radical (unpaired) electrons. The maximum atomic E-state index is 5.65. The Bertz CT molecular complexity index is 193. The molecule has 96 valence electrons. The molecule has 1 aliphatic rings. The first kappa shape index (κ1) is 14.2. The topological polar surface area (TPSA) is 21.7 Å². The highest BCUT2D eigenvalue weighted by atomic mass is 28.2. The van der Waals surface area contributed by atoms with Crippen molar-refractivity contribution in [2.24, 2.45) is 5.92 Å². The van der Waals surface area contributed by atoms with E-state index in [2.05, 4.69) is 25.7 Å². The van der Waals surface area contributed by atoms with Crippen LogP contribution in [0.15, 0.2) is 0 Å². The molecule has 0 aromatic heterocycles. The molecule has 0 aromatic carbocycles. The summed E-state index contributed by atoms with van der Waals surface area (Å²) in [5, 5.41) is 0. The SMILES string of the molecule is CC(CCCN1CCOCC1)C(C)(C)O[SiH3]. The Kier molecular flexibility index (Phi) is 5.96. The van der Waals surface area contributed by atoms with Crippen LogP contribution in [0.25, 0.3) is 0 Å². The van der Waals surface area contributed by atoms with E-state index in [0.717, 1.165) is 36.8 Å². The summed E-state index contributed by atoms with van der Waals surface area (Å²) in [4.78, 5) is 2.50. The van der Waals surface area contributed by atoms with Gasteiger partial charge in [-0.25, -0.2) is 0 Å². The molecular weight excluding hydrogens is 218 g/mol. The van der Waals surface area contributed by atoms with Gasteiger partial charge in [0.25, 0.3) is 0 Å². The third kappa shape index (κ3) is 4.53. The lowest BCUT2D eigenvalue weighted by Gasteiger charge is -2.32. The van der Waals surface area contributed by atoms with E-state index in [-0.39, 0.29) is 5.60 Å². The summed E-state index contributed by atoms with van der Waals surface area (Å²) >= 11 is 0. The Labute approximate surface area is 103 Å². The number of morpholine rings is 1. The molecule has 1 unspecified atom stereocenters. The summed E-state index contributed by atoms with van der Waals surface area (Å²) in [5.41, 5.74) is 0.0667. The molecule has 0 aromatic rings. The van der Waals surface area contributed by atoms with Gasteiger partial charge in [-0.1, -0.05) is 6.92 Å². The van der Waals surface area contributed by atoms with Crippen molar-refractivity contribution in [3.05, 3.63) is 0 Å². The predicted octanol–water partition coefficient (Wildman–Crippen LogP) is 0.810. The van der Waals surface area contributed by atoms with Crippen molar-refractivity contribution in [3.8, 4) is 0 Å². The van der Waals surface area contributed by atoms with Crippen LogP contribution in [0.3, 0.4) is 0 Å². The van der Waals surface area contributed by atoms with Crippen molar-refractivity contribution in [1.82, 2.24) is 4.90 Å². The van der Waals surface area contributed by atoms with Gasteiger partial charge in [-0.3, -0.25) is 4.90 Å². The number of rotatable bonds is 6. The van der Waals surface area contributed by atoms with Crippen molar-refractivity contribution < 1.29 is 9.16 Å². The van der Waals surface area contributed by atoms with E-state index < -0.39 is 0 Å². The fourth-order valence-corrected chi connectivity index (χ4v) is 2.40. The van der Waals surface area contributed by atoms with Gasteiger partial charge >= 0.3 is 0 Å². The highest BCUT2D eigenvalue weighted by molar-refractivity contribution is 5.98. The van der Waals surface area contributed by atoms with E-state index in [4.69, 9.17) is 9.16 Å². The summed E-state index contributed by atoms with van der Waals surface area (Å²) in [6, 6.07) is 0. The van der Waals surface area contributed by atoms with Crippen LogP contribution in [0.2, 0.25) is 0 Å². The lowest BCUT2D eigenvalue weighted by Crippen LogP contribution is -2.37. The standard InChI is InChI=1S/C12H27NO2Si/c1-11(12(2,3)15-16)5-4-6-13-7-9-14-10-8-13/h11H,4-10H2,1-3,16H3. The molecule has 1 fully saturated rings. The molecule has 0 bridgehead atoms. The van der Waals surface area contributed by atoms with Gasteiger partial charge in [0.05, 0.1) is 18.8 Å². The number of hydrogen-bond acceptors (Lipinski definition) is 3. The van der Waals surface area contributed by atoms with Crippen LogP contribution in [0, 0.1) is 5.92 Å². The molecule has 1 atom stereocenters. The summed E-state index contributed by atoms with van der Waals surface area (Å²) < 4.78 is 11.0. The van der Waals surface area contributed by atoms with E-state index in [1.807, 2.05) is 0 Å². The number of nitrogens with zero attached hydrogens (tertiary/aromatic N) is 1. The molecular formula is C12H27NO2Si. The van der Waals surface area contributed by atoms with Crippen LogP contribution in [0.5, 0.6) is 0 Å². The van der Waals surface area contributed by atoms with Crippen molar-refractivity contribution in [2.75, 3.05) is 32.8 Å². The van der Waals surface area contributed by atoms with Crippen molar-refractivity contribution in [2.45, 2.75) is 39.2 Å². The van der Waals surface area contributed by atoms with E-state index in [1.165, 1.54) is 19.4 Å². The molecule has 16 heavy (non-hydrogen) atoms. The van der Waals surface area contributed by atoms with Gasteiger partial charge in [-0.15, -0.1) is 0 Å². The van der Waals surface area contributed by atoms with Gasteiger partial charge in [0.2, 0.25) is 0 Å². The fourth-order valence-electron chi connectivity index (χ4n) is 1.99. The average Bonchev–Trinajstić information content (AvgIpc) is 2.30. The minimum absolute atomic E-state index is 0.0667. The normalized spacial score (nSPS) is 21.2. The molecule has 3 nitrogen and oxygen atoms in total. The van der Waals surface area contributed by atoms with E-state index in [1.54, 1.807) is 0 Å². The summed E-state index contributed by atoms with van der Waals surface area (Å²) in [5.74, 6) is 0.644. The van der Waals surface area contributed by atoms with E-state index in [0.29, 0.717) is 5.92 Å². The molecule has 0 N–H and O–H groups in total. The lowest BCUT2D eigenvalue weighted by atomic mass is 9.89. The van der Waals surface area contributed by atoms with E-state index >= 15 is 0 Å². The Balaban J connectivity index is 2.14. The van der Waals surface area contributed by atoms with Crippen LogP contribution in [0.4, 0.5) is 0 Å². The lowest BCUT2D eigenvalue weighted by molar-refractivity contribution is 0.0307. The fraction of sp³-hybridized carbons (Fsp3) is 1.00. The molecule has 0 aliphatic carbocycles. The molecule has 4 heteroatoms. The van der Waals surface area contributed by atoms with Crippen LogP contribution in [0.1, 0.15) is 33.6 Å². The van der Waals surface area contributed by atoms with Gasteiger partial charge in [0.1, 0.15) is 10.5 Å². The van der Waals surface area contributed by atoms with Crippen molar-refractivity contribution in [3.63, 3.8) is 0 Å². The zero-order valence-electron chi connectivity index (χ0n) is 11.3. The first-order valence-corrected chi connectivity index (χ1v) is 7.23. The maximum Gasteiger partial charge on any atom is 0.146 e. The Hall–Kier alpha value is 0.0969. The second kappa shape index (κ2) is 6.74.